The van der Waals surface area contributed by atoms with E-state index in [0.717, 1.165) is 5.56 Å². The predicted molar refractivity (Wildman–Crippen MR) is 165 cm³/mol. The number of rotatable bonds is 7. The summed E-state index contributed by atoms with van der Waals surface area (Å²) in [6.45, 7) is 3.04. The molecule has 0 radical (unpaired) electrons. The van der Waals surface area contributed by atoms with Crippen molar-refractivity contribution >= 4 is 39.9 Å². The number of imidazole rings is 1. The van der Waals surface area contributed by atoms with Crippen LogP contribution >= 0.6 is 22.9 Å². The molecule has 234 valence electrons. The topological polar surface area (TPSA) is 83.4 Å². The summed E-state index contributed by atoms with van der Waals surface area (Å²) >= 11 is 7.99. The van der Waals surface area contributed by atoms with Crippen molar-refractivity contribution in [3.05, 3.63) is 87.4 Å². The van der Waals surface area contributed by atoms with E-state index >= 15 is 0 Å². The molecular formula is C32H30ClF3N6O2S. The minimum atomic E-state index is -2.83. The first-order valence-corrected chi connectivity index (χ1v) is 16.1. The second kappa shape index (κ2) is 11.6. The Morgan fingerprint density at radius 3 is 2.71 bits per heavy atom. The molecule has 4 aromatic rings. The standard InChI is InChI=1S/C32H30ClF3N6O2S/c1-2-40-9-7-24(32(35,36)16-40)19-5-3-18(4-6-19)20-11-22-23(25(33)12-20)15-42(30(22)44)28(29(43)39-31-37-8-10-45-31)27-26-13-21(34)14-41(26)17-38-27/h3-6,8,10-12,17,21,24,28H,2,7,9,13-16H2,1H3,(H,37,39,43). The van der Waals surface area contributed by atoms with Gasteiger partial charge in [0.05, 0.1) is 31.0 Å². The molecule has 13 heteroatoms. The van der Waals surface area contributed by atoms with Crippen LogP contribution in [0.2, 0.25) is 5.02 Å². The summed E-state index contributed by atoms with van der Waals surface area (Å²) in [7, 11) is 0. The molecular weight excluding hydrogens is 625 g/mol. The molecule has 2 aromatic heterocycles. The quantitative estimate of drug-likeness (QED) is 0.252. The summed E-state index contributed by atoms with van der Waals surface area (Å²) < 4.78 is 45.9. The number of benzene rings is 2. The number of hydrogen-bond donors (Lipinski definition) is 1. The lowest BCUT2D eigenvalue weighted by atomic mass is 9.85. The van der Waals surface area contributed by atoms with Crippen LogP contribution in [0.15, 0.2) is 54.3 Å². The number of carbonyl (C=O) groups excluding carboxylic acids is 2. The van der Waals surface area contributed by atoms with Crippen LogP contribution in [0.3, 0.4) is 0 Å². The number of anilines is 1. The maximum absolute atomic E-state index is 15.0. The van der Waals surface area contributed by atoms with Gasteiger partial charge in [-0.3, -0.25) is 19.8 Å². The second-order valence-corrected chi connectivity index (χ2v) is 13.1. The van der Waals surface area contributed by atoms with Gasteiger partial charge in [-0.05, 0) is 48.3 Å². The van der Waals surface area contributed by atoms with Gasteiger partial charge in [0.25, 0.3) is 17.7 Å². The largest absolute Gasteiger partial charge is 0.331 e. The van der Waals surface area contributed by atoms with Crippen LogP contribution in [0.1, 0.15) is 58.2 Å². The lowest BCUT2D eigenvalue weighted by Gasteiger charge is -2.38. The number of nitrogens with zero attached hydrogens (tertiary/aromatic N) is 5. The summed E-state index contributed by atoms with van der Waals surface area (Å²) in [5.74, 6) is -4.62. The predicted octanol–water partition coefficient (Wildman–Crippen LogP) is 6.33. The Balaban J connectivity index is 1.18. The van der Waals surface area contributed by atoms with Crippen LogP contribution < -0.4 is 5.32 Å². The molecule has 0 saturated carbocycles. The SMILES string of the molecule is CCN1CCC(c2ccc(-c3cc(Cl)c4c(c3)C(=O)N(C(C(=O)Nc3nccs3)c3ncn5c3CC(F)C5)C4)cc2)C(F)(F)C1. The normalized spacial score (nSPS) is 21.5. The van der Waals surface area contributed by atoms with E-state index in [1.807, 2.05) is 6.92 Å². The monoisotopic (exact) mass is 654 g/mol. The molecule has 3 aliphatic rings. The van der Waals surface area contributed by atoms with Crippen LogP contribution in [0.25, 0.3) is 11.1 Å². The summed E-state index contributed by atoms with van der Waals surface area (Å²) in [5, 5.41) is 5.21. The molecule has 0 spiro atoms. The van der Waals surface area contributed by atoms with Gasteiger partial charge in [-0.2, -0.15) is 0 Å². The van der Waals surface area contributed by atoms with Crippen molar-refractivity contribution in [3.63, 3.8) is 0 Å². The summed E-state index contributed by atoms with van der Waals surface area (Å²) in [6, 6.07) is 9.32. The third kappa shape index (κ3) is 5.42. The molecule has 3 atom stereocenters. The number of alkyl halides is 3. The fourth-order valence-corrected chi connectivity index (χ4v) is 7.56. The molecule has 2 amide bonds. The van der Waals surface area contributed by atoms with Gasteiger partial charge in [0.2, 0.25) is 0 Å². The van der Waals surface area contributed by atoms with Crippen molar-refractivity contribution in [2.75, 3.05) is 25.0 Å². The Labute approximate surface area is 266 Å². The number of aromatic nitrogens is 3. The third-order valence-electron chi connectivity index (χ3n) is 9.06. The van der Waals surface area contributed by atoms with Gasteiger partial charge in [-0.25, -0.2) is 23.1 Å². The molecule has 3 aliphatic heterocycles. The van der Waals surface area contributed by atoms with Crippen molar-refractivity contribution in [1.29, 1.82) is 0 Å². The van der Waals surface area contributed by atoms with Gasteiger partial charge in [-0.15, -0.1) is 11.3 Å². The Morgan fingerprint density at radius 1 is 1.20 bits per heavy atom. The third-order valence-corrected chi connectivity index (χ3v) is 10.1. The van der Waals surface area contributed by atoms with Gasteiger partial charge < -0.3 is 9.47 Å². The summed E-state index contributed by atoms with van der Waals surface area (Å²) in [5.41, 5.74) is 3.75. The molecule has 1 fully saturated rings. The number of piperidine rings is 1. The number of thiazole rings is 1. The van der Waals surface area contributed by atoms with E-state index < -0.39 is 35.9 Å². The average molecular weight is 655 g/mol. The maximum atomic E-state index is 15.0. The number of hydrogen-bond acceptors (Lipinski definition) is 6. The van der Waals surface area contributed by atoms with Crippen molar-refractivity contribution in [2.24, 2.45) is 0 Å². The highest BCUT2D eigenvalue weighted by molar-refractivity contribution is 7.13. The van der Waals surface area contributed by atoms with Gasteiger partial charge in [0.1, 0.15) is 6.17 Å². The van der Waals surface area contributed by atoms with Crippen molar-refractivity contribution in [3.8, 4) is 11.1 Å². The first-order chi connectivity index (χ1) is 21.6. The Bertz CT molecular complexity index is 1760. The highest BCUT2D eigenvalue weighted by Crippen LogP contribution is 2.42. The molecule has 2 aromatic carbocycles. The number of amides is 2. The van der Waals surface area contributed by atoms with Gasteiger partial charge in [-0.1, -0.05) is 42.8 Å². The van der Waals surface area contributed by atoms with Crippen LogP contribution in [0, 0.1) is 0 Å². The second-order valence-electron chi connectivity index (χ2n) is 11.8. The Hall–Kier alpha value is -3.74. The fourth-order valence-electron chi connectivity index (χ4n) is 6.75. The highest BCUT2D eigenvalue weighted by Gasteiger charge is 2.45. The fraction of sp³-hybridized carbons (Fsp3) is 0.375. The molecule has 1 saturated heterocycles. The lowest BCUT2D eigenvalue weighted by molar-refractivity contribution is -0.121. The first kappa shape index (κ1) is 29.9. The smallest absolute Gasteiger partial charge is 0.267 e. The molecule has 3 unspecified atom stereocenters. The minimum absolute atomic E-state index is 0.0546. The van der Waals surface area contributed by atoms with Gasteiger partial charge in [0, 0.05) is 46.4 Å². The van der Waals surface area contributed by atoms with E-state index in [4.69, 9.17) is 11.6 Å². The summed E-state index contributed by atoms with van der Waals surface area (Å²) in [4.78, 5) is 39.5. The Morgan fingerprint density at radius 2 is 2.00 bits per heavy atom. The van der Waals surface area contributed by atoms with Crippen molar-refractivity contribution in [2.45, 2.75) is 56.9 Å². The molecule has 45 heavy (non-hydrogen) atoms. The first-order valence-electron chi connectivity index (χ1n) is 14.8. The molecule has 1 N–H and O–H groups in total. The van der Waals surface area contributed by atoms with Crippen LogP contribution in [0.4, 0.5) is 18.3 Å². The van der Waals surface area contributed by atoms with Crippen LogP contribution in [0.5, 0.6) is 0 Å². The van der Waals surface area contributed by atoms with Crippen LogP contribution in [-0.2, 0) is 24.3 Å². The van der Waals surface area contributed by atoms with E-state index in [2.05, 4.69) is 15.3 Å². The molecule has 5 heterocycles. The van der Waals surface area contributed by atoms with Gasteiger partial charge in [0.15, 0.2) is 11.2 Å². The molecule has 7 rings (SSSR count). The zero-order chi connectivity index (χ0) is 31.5. The van der Waals surface area contributed by atoms with Crippen molar-refractivity contribution < 1.29 is 22.8 Å². The van der Waals surface area contributed by atoms with E-state index in [-0.39, 0.29) is 26.1 Å². The zero-order valence-electron chi connectivity index (χ0n) is 24.4. The zero-order valence-corrected chi connectivity index (χ0v) is 25.9. The number of nitrogens with one attached hydrogen (secondary N) is 1. The number of halogens is 4. The van der Waals surface area contributed by atoms with E-state index in [0.29, 0.717) is 63.3 Å². The van der Waals surface area contributed by atoms with Crippen LogP contribution in [-0.4, -0.2) is 67.9 Å². The number of fused-ring (bicyclic) bond motifs is 2. The minimum Gasteiger partial charge on any atom is -0.331 e. The highest BCUT2D eigenvalue weighted by atomic mass is 35.5. The van der Waals surface area contributed by atoms with Gasteiger partial charge >= 0.3 is 0 Å². The van der Waals surface area contributed by atoms with E-state index in [9.17, 15) is 22.8 Å². The molecule has 0 aliphatic carbocycles. The van der Waals surface area contributed by atoms with E-state index in [1.165, 1.54) is 22.6 Å². The molecule has 0 bridgehead atoms. The average Bonchev–Trinajstić information content (AvgIpc) is 3.80. The lowest BCUT2D eigenvalue weighted by Crippen LogP contribution is -2.47. The Kier molecular flexibility index (Phi) is 7.69. The van der Waals surface area contributed by atoms with Crippen molar-refractivity contribution in [1.82, 2.24) is 24.3 Å². The molecule has 8 nitrogen and oxygen atoms in total. The number of carbonyl (C=O) groups is 2. The van der Waals surface area contributed by atoms with E-state index in [1.54, 1.807) is 57.4 Å². The maximum Gasteiger partial charge on any atom is 0.267 e. The summed E-state index contributed by atoms with van der Waals surface area (Å²) in [6.07, 6.45) is 2.42. The number of likely N-dealkylation sites (tertiary alicyclic amines) is 1.